The van der Waals surface area contributed by atoms with Crippen LogP contribution >= 0.6 is 0 Å². The number of hydrogen-bond donors (Lipinski definition) is 0. The molecule has 3 rings (SSSR count). The first-order valence-electron chi connectivity index (χ1n) is 8.87. The summed E-state index contributed by atoms with van der Waals surface area (Å²) in [5.74, 6) is 1.47. The van der Waals surface area contributed by atoms with Gasteiger partial charge in [0.25, 0.3) is 0 Å². The van der Waals surface area contributed by atoms with Crippen molar-refractivity contribution in [3.05, 3.63) is 60.5 Å². The lowest BCUT2D eigenvalue weighted by Crippen LogP contribution is -2.03. The Morgan fingerprint density at radius 2 is 1.69 bits per heavy atom. The highest BCUT2D eigenvalue weighted by Gasteiger charge is 2.10. The van der Waals surface area contributed by atoms with Crippen LogP contribution in [0.4, 0.5) is 0 Å². The van der Waals surface area contributed by atoms with Crippen molar-refractivity contribution in [2.24, 2.45) is 0 Å². The Morgan fingerprint density at radius 3 is 2.38 bits per heavy atom. The smallest absolute Gasteiger partial charge is 0.178 e. The molecule has 26 heavy (non-hydrogen) atoms. The Bertz CT molecular complexity index is 973. The Kier molecular flexibility index (Phi) is 5.16. The molecular weight excluding hydrogens is 324 g/mol. The van der Waals surface area contributed by atoms with Gasteiger partial charge >= 0.3 is 0 Å². The van der Waals surface area contributed by atoms with Gasteiger partial charge in [0.1, 0.15) is 11.6 Å². The van der Waals surface area contributed by atoms with E-state index in [1.165, 1.54) is 0 Å². The van der Waals surface area contributed by atoms with Crippen LogP contribution in [0.5, 0.6) is 0 Å². The number of carbonyl (C=O) groups is 1. The van der Waals surface area contributed by atoms with Crippen molar-refractivity contribution in [1.82, 2.24) is 19.1 Å². The molecule has 0 fully saturated rings. The zero-order valence-corrected chi connectivity index (χ0v) is 15.6. The lowest BCUT2D eigenvalue weighted by molar-refractivity contribution is -0.110. The van der Waals surface area contributed by atoms with Crippen LogP contribution in [0.15, 0.2) is 48.8 Å². The molecule has 0 N–H and O–H groups in total. The quantitative estimate of drug-likeness (QED) is 0.607. The molecule has 0 radical (unpaired) electrons. The van der Waals surface area contributed by atoms with Crippen LogP contribution in [-0.4, -0.2) is 24.9 Å². The maximum Gasteiger partial charge on any atom is 0.178 e. The van der Waals surface area contributed by atoms with E-state index in [2.05, 4.69) is 42.2 Å². The molecule has 0 amide bonds. The summed E-state index contributed by atoms with van der Waals surface area (Å²) in [4.78, 5) is 21.2. The Hall–Kier alpha value is -2.95. The molecule has 5 heteroatoms. The molecule has 0 aliphatic rings. The van der Waals surface area contributed by atoms with Gasteiger partial charge in [-0.1, -0.05) is 12.1 Å². The zero-order chi connectivity index (χ0) is 18.7. The number of carbonyl (C=O) groups excluding carboxylic acids is 1. The third kappa shape index (κ3) is 3.67. The molecule has 0 bridgehead atoms. The standard InChI is InChI=1S/C21H24N4O/c1-15(2)24-14-13-22-20(24)11-9-17(26)10-12-21-23-18-7-5-6-8-19(18)25(21)16(3)4/h5-16H,1-4H3/b11-9+,12-10+. The van der Waals surface area contributed by atoms with E-state index < -0.39 is 0 Å². The first-order chi connectivity index (χ1) is 12.5. The molecule has 134 valence electrons. The molecule has 0 aliphatic carbocycles. The van der Waals surface area contributed by atoms with Gasteiger partial charge in [-0.05, 0) is 64.1 Å². The second-order valence-corrected chi connectivity index (χ2v) is 6.78. The van der Waals surface area contributed by atoms with Gasteiger partial charge in [-0.2, -0.15) is 0 Å². The van der Waals surface area contributed by atoms with Crippen molar-refractivity contribution in [3.63, 3.8) is 0 Å². The maximum absolute atomic E-state index is 12.2. The normalized spacial score (nSPS) is 12.4. The van der Waals surface area contributed by atoms with E-state index in [-0.39, 0.29) is 11.8 Å². The van der Waals surface area contributed by atoms with Crippen LogP contribution in [0.1, 0.15) is 51.4 Å². The summed E-state index contributed by atoms with van der Waals surface area (Å²) in [6, 6.07) is 8.56. The minimum absolute atomic E-state index is 0.0920. The van der Waals surface area contributed by atoms with Gasteiger partial charge in [0.05, 0.1) is 11.0 Å². The number of imidazole rings is 2. The average molecular weight is 348 g/mol. The highest BCUT2D eigenvalue weighted by Crippen LogP contribution is 2.21. The Morgan fingerprint density at radius 1 is 1.00 bits per heavy atom. The van der Waals surface area contributed by atoms with E-state index in [1.54, 1.807) is 30.5 Å². The number of nitrogens with zero attached hydrogens (tertiary/aromatic N) is 4. The number of aromatic nitrogens is 4. The van der Waals surface area contributed by atoms with Crippen LogP contribution in [0.25, 0.3) is 23.2 Å². The van der Waals surface area contributed by atoms with Crippen molar-refractivity contribution in [2.45, 2.75) is 39.8 Å². The van der Waals surface area contributed by atoms with Crippen molar-refractivity contribution in [1.29, 1.82) is 0 Å². The lowest BCUT2D eigenvalue weighted by Gasteiger charge is -2.10. The molecule has 3 aromatic rings. The summed E-state index contributed by atoms with van der Waals surface area (Å²) in [5, 5.41) is 0. The third-order valence-electron chi connectivity index (χ3n) is 4.19. The number of para-hydroxylation sites is 2. The Balaban J connectivity index is 1.82. The van der Waals surface area contributed by atoms with E-state index in [9.17, 15) is 4.79 Å². The van der Waals surface area contributed by atoms with Gasteiger partial charge in [0.15, 0.2) is 5.78 Å². The largest absolute Gasteiger partial charge is 0.329 e. The first kappa shape index (κ1) is 17.9. The van der Waals surface area contributed by atoms with Crippen LogP contribution in [0.3, 0.4) is 0 Å². The molecule has 1 aromatic carbocycles. The van der Waals surface area contributed by atoms with Crippen LogP contribution < -0.4 is 0 Å². The second-order valence-electron chi connectivity index (χ2n) is 6.78. The molecule has 0 atom stereocenters. The first-order valence-corrected chi connectivity index (χ1v) is 8.87. The maximum atomic E-state index is 12.2. The molecule has 0 saturated carbocycles. The topological polar surface area (TPSA) is 52.7 Å². The van der Waals surface area contributed by atoms with Gasteiger partial charge in [-0.3, -0.25) is 4.79 Å². The number of hydrogen-bond acceptors (Lipinski definition) is 3. The van der Waals surface area contributed by atoms with Crippen molar-refractivity contribution in [2.75, 3.05) is 0 Å². The molecule has 0 unspecified atom stereocenters. The van der Waals surface area contributed by atoms with Crippen molar-refractivity contribution >= 4 is 29.0 Å². The number of fused-ring (bicyclic) bond motifs is 1. The van der Waals surface area contributed by atoms with Crippen molar-refractivity contribution < 1.29 is 4.79 Å². The molecule has 0 aliphatic heterocycles. The predicted molar refractivity (Wildman–Crippen MR) is 106 cm³/mol. The summed E-state index contributed by atoms with van der Waals surface area (Å²) in [5.41, 5.74) is 2.01. The summed E-state index contributed by atoms with van der Waals surface area (Å²) >= 11 is 0. The molecule has 0 spiro atoms. The SMILES string of the molecule is CC(C)n1ccnc1/C=C/C(=O)/C=C/c1nc2ccccc2n1C(C)C. The molecule has 2 heterocycles. The highest BCUT2D eigenvalue weighted by molar-refractivity contribution is 6.04. The summed E-state index contributed by atoms with van der Waals surface area (Å²) in [6.45, 7) is 8.38. The molecular formula is C21H24N4O. The van der Waals surface area contributed by atoms with Gasteiger partial charge < -0.3 is 9.13 Å². The van der Waals surface area contributed by atoms with E-state index in [0.717, 1.165) is 22.7 Å². The van der Waals surface area contributed by atoms with Crippen LogP contribution in [0.2, 0.25) is 0 Å². The number of ketones is 1. The monoisotopic (exact) mass is 348 g/mol. The Labute approximate surface area is 153 Å². The van der Waals surface area contributed by atoms with E-state index in [1.807, 2.05) is 35.0 Å². The van der Waals surface area contributed by atoms with Gasteiger partial charge in [0.2, 0.25) is 0 Å². The third-order valence-corrected chi connectivity index (χ3v) is 4.19. The number of rotatable bonds is 6. The highest BCUT2D eigenvalue weighted by atomic mass is 16.1. The molecule has 0 saturated heterocycles. The van der Waals surface area contributed by atoms with Gasteiger partial charge in [-0.25, -0.2) is 9.97 Å². The second kappa shape index (κ2) is 7.52. The minimum atomic E-state index is -0.0920. The molecule has 2 aromatic heterocycles. The summed E-state index contributed by atoms with van der Waals surface area (Å²) in [7, 11) is 0. The average Bonchev–Trinajstić information content (AvgIpc) is 3.21. The molecule has 5 nitrogen and oxygen atoms in total. The number of benzene rings is 1. The fourth-order valence-electron chi connectivity index (χ4n) is 2.98. The predicted octanol–water partition coefficient (Wildman–Crippen LogP) is 4.69. The fraction of sp³-hybridized carbons (Fsp3) is 0.286. The van der Waals surface area contributed by atoms with Crippen LogP contribution in [-0.2, 0) is 4.79 Å². The van der Waals surface area contributed by atoms with E-state index in [4.69, 9.17) is 0 Å². The summed E-state index contributed by atoms with van der Waals surface area (Å²) in [6.07, 6.45) is 10.3. The fourth-order valence-corrected chi connectivity index (χ4v) is 2.98. The van der Waals surface area contributed by atoms with E-state index in [0.29, 0.717) is 6.04 Å². The number of allylic oxidation sites excluding steroid dienone is 2. The van der Waals surface area contributed by atoms with Gasteiger partial charge in [-0.15, -0.1) is 0 Å². The van der Waals surface area contributed by atoms with Gasteiger partial charge in [0, 0.05) is 24.5 Å². The van der Waals surface area contributed by atoms with Crippen LogP contribution in [0, 0.1) is 0 Å². The lowest BCUT2D eigenvalue weighted by atomic mass is 10.2. The minimum Gasteiger partial charge on any atom is -0.329 e. The zero-order valence-electron chi connectivity index (χ0n) is 15.6. The van der Waals surface area contributed by atoms with Crippen molar-refractivity contribution in [3.8, 4) is 0 Å². The summed E-state index contributed by atoms with van der Waals surface area (Å²) < 4.78 is 4.15. The van der Waals surface area contributed by atoms with E-state index >= 15 is 0 Å².